The molecule has 21 heavy (non-hydrogen) atoms. The zero-order valence-electron chi connectivity index (χ0n) is 12.4. The van der Waals surface area contributed by atoms with Crippen LogP contribution in [0.25, 0.3) is 0 Å². The molecule has 0 radical (unpaired) electrons. The second kappa shape index (κ2) is 7.14. The zero-order chi connectivity index (χ0) is 15.3. The fourth-order valence-electron chi connectivity index (χ4n) is 2.58. The number of hydrogen-bond acceptors (Lipinski definition) is 2. The van der Waals surface area contributed by atoms with Gasteiger partial charge in [-0.15, -0.1) is 0 Å². The minimum atomic E-state index is -0.0915. The summed E-state index contributed by atoms with van der Waals surface area (Å²) in [5.74, 6) is 0. The standard InChI is InChI=1S/C16H23ClN2O2/c1-2-9-19(10-11-20)15(21)18-12-16(7-8-16)13-3-5-14(17)6-4-13/h3-6,20H,2,7-12H2,1H3,(H,18,21). The highest BCUT2D eigenvalue weighted by Gasteiger charge is 2.44. The predicted octanol–water partition coefficient (Wildman–Crippen LogP) is 2.79. The number of halogens is 1. The molecule has 1 aliphatic carbocycles. The van der Waals surface area contributed by atoms with Crippen LogP contribution in [0.4, 0.5) is 4.79 Å². The molecule has 1 aromatic rings. The summed E-state index contributed by atoms with van der Waals surface area (Å²) >= 11 is 5.92. The van der Waals surface area contributed by atoms with Crippen LogP contribution in [0.5, 0.6) is 0 Å². The van der Waals surface area contributed by atoms with Crippen LogP contribution in [0, 0.1) is 0 Å². The van der Waals surface area contributed by atoms with E-state index in [1.165, 1.54) is 5.56 Å². The highest BCUT2D eigenvalue weighted by atomic mass is 35.5. The van der Waals surface area contributed by atoms with Crippen LogP contribution in [0.3, 0.4) is 0 Å². The first-order valence-electron chi connectivity index (χ1n) is 7.51. The molecule has 0 bridgehead atoms. The van der Waals surface area contributed by atoms with Crippen molar-refractivity contribution in [2.45, 2.75) is 31.6 Å². The van der Waals surface area contributed by atoms with Crippen LogP contribution < -0.4 is 5.32 Å². The number of urea groups is 1. The van der Waals surface area contributed by atoms with Gasteiger partial charge in [0.25, 0.3) is 0 Å². The number of amides is 2. The third-order valence-corrected chi connectivity index (χ3v) is 4.29. The Hall–Kier alpha value is -1.26. The van der Waals surface area contributed by atoms with E-state index in [1.54, 1.807) is 4.90 Å². The Bertz CT molecular complexity index is 466. The molecule has 5 heteroatoms. The van der Waals surface area contributed by atoms with Gasteiger partial charge in [0.1, 0.15) is 0 Å². The minimum absolute atomic E-state index is 0.00422. The van der Waals surface area contributed by atoms with Gasteiger partial charge in [0.15, 0.2) is 0 Å². The van der Waals surface area contributed by atoms with Crippen LogP contribution in [0.15, 0.2) is 24.3 Å². The lowest BCUT2D eigenvalue weighted by Crippen LogP contribution is -2.44. The molecule has 1 saturated carbocycles. The molecule has 4 nitrogen and oxygen atoms in total. The third kappa shape index (κ3) is 4.11. The summed E-state index contributed by atoms with van der Waals surface area (Å²) in [6, 6.07) is 7.78. The average molecular weight is 311 g/mol. The van der Waals surface area contributed by atoms with Crippen molar-refractivity contribution < 1.29 is 9.90 Å². The molecule has 0 spiro atoms. The van der Waals surface area contributed by atoms with E-state index >= 15 is 0 Å². The molecule has 2 amide bonds. The molecule has 0 heterocycles. The first kappa shape index (κ1) is 16.1. The van der Waals surface area contributed by atoms with Crippen molar-refractivity contribution in [1.82, 2.24) is 10.2 Å². The maximum Gasteiger partial charge on any atom is 0.317 e. The van der Waals surface area contributed by atoms with E-state index in [4.69, 9.17) is 16.7 Å². The van der Waals surface area contributed by atoms with Crippen molar-refractivity contribution in [3.05, 3.63) is 34.9 Å². The van der Waals surface area contributed by atoms with Crippen molar-refractivity contribution in [1.29, 1.82) is 0 Å². The van der Waals surface area contributed by atoms with E-state index in [-0.39, 0.29) is 18.1 Å². The minimum Gasteiger partial charge on any atom is -0.395 e. The maximum atomic E-state index is 12.2. The number of aliphatic hydroxyl groups excluding tert-OH is 1. The van der Waals surface area contributed by atoms with Crippen LogP contribution in [-0.4, -0.2) is 42.3 Å². The Balaban J connectivity index is 1.92. The number of carbonyl (C=O) groups is 1. The first-order chi connectivity index (χ1) is 10.1. The van der Waals surface area contributed by atoms with E-state index in [9.17, 15) is 4.79 Å². The van der Waals surface area contributed by atoms with Gasteiger partial charge < -0.3 is 15.3 Å². The molecule has 116 valence electrons. The summed E-state index contributed by atoms with van der Waals surface area (Å²) in [6.45, 7) is 3.70. The van der Waals surface area contributed by atoms with Crippen LogP contribution >= 0.6 is 11.6 Å². The van der Waals surface area contributed by atoms with Gasteiger partial charge in [-0.1, -0.05) is 30.7 Å². The smallest absolute Gasteiger partial charge is 0.317 e. The molecule has 0 atom stereocenters. The lowest BCUT2D eigenvalue weighted by Gasteiger charge is -2.24. The molecule has 2 N–H and O–H groups in total. The number of nitrogens with zero attached hydrogens (tertiary/aromatic N) is 1. The van der Waals surface area contributed by atoms with E-state index in [2.05, 4.69) is 5.32 Å². The van der Waals surface area contributed by atoms with Gasteiger partial charge in [-0.3, -0.25) is 0 Å². The second-order valence-electron chi connectivity index (χ2n) is 5.66. The number of nitrogens with one attached hydrogen (secondary N) is 1. The molecule has 0 aromatic heterocycles. The lowest BCUT2D eigenvalue weighted by atomic mass is 9.96. The Kier molecular flexibility index (Phi) is 5.48. The predicted molar refractivity (Wildman–Crippen MR) is 84.7 cm³/mol. The number of carbonyl (C=O) groups excluding carboxylic acids is 1. The monoisotopic (exact) mass is 310 g/mol. The second-order valence-corrected chi connectivity index (χ2v) is 6.09. The molecule has 0 aliphatic heterocycles. The Morgan fingerprint density at radius 1 is 1.33 bits per heavy atom. The largest absolute Gasteiger partial charge is 0.395 e. The van der Waals surface area contributed by atoms with E-state index in [0.29, 0.717) is 19.6 Å². The SMILES string of the molecule is CCCN(CCO)C(=O)NCC1(c2ccc(Cl)cc2)CC1. The average Bonchev–Trinajstić information content (AvgIpc) is 3.26. The van der Waals surface area contributed by atoms with Gasteiger partial charge in [-0.2, -0.15) is 0 Å². The van der Waals surface area contributed by atoms with Crippen LogP contribution in [0.1, 0.15) is 31.7 Å². The van der Waals surface area contributed by atoms with Crippen molar-refractivity contribution >= 4 is 17.6 Å². The van der Waals surface area contributed by atoms with Gasteiger partial charge in [-0.05, 0) is 37.0 Å². The fourth-order valence-corrected chi connectivity index (χ4v) is 2.71. The number of rotatable bonds is 7. The summed E-state index contributed by atoms with van der Waals surface area (Å²) in [5, 5.41) is 12.8. The van der Waals surface area contributed by atoms with Gasteiger partial charge in [0.05, 0.1) is 6.61 Å². The molecular weight excluding hydrogens is 288 g/mol. The number of benzene rings is 1. The summed E-state index contributed by atoms with van der Waals surface area (Å²) < 4.78 is 0. The molecule has 1 aliphatic rings. The zero-order valence-corrected chi connectivity index (χ0v) is 13.2. The highest BCUT2D eigenvalue weighted by Crippen LogP contribution is 2.47. The summed E-state index contributed by atoms with van der Waals surface area (Å²) in [4.78, 5) is 13.8. The molecular formula is C16H23ClN2O2. The molecule has 1 aromatic carbocycles. The van der Waals surface area contributed by atoms with Crippen molar-refractivity contribution in [2.24, 2.45) is 0 Å². The van der Waals surface area contributed by atoms with E-state index in [1.807, 2.05) is 31.2 Å². The molecule has 0 saturated heterocycles. The number of aliphatic hydroxyl groups is 1. The topological polar surface area (TPSA) is 52.6 Å². The fraction of sp³-hybridized carbons (Fsp3) is 0.562. The summed E-state index contributed by atoms with van der Waals surface area (Å²) in [7, 11) is 0. The maximum absolute atomic E-state index is 12.2. The quantitative estimate of drug-likeness (QED) is 0.813. The third-order valence-electron chi connectivity index (χ3n) is 4.04. The Labute approximate surface area is 131 Å². The Morgan fingerprint density at radius 3 is 2.52 bits per heavy atom. The van der Waals surface area contributed by atoms with Gasteiger partial charge >= 0.3 is 6.03 Å². The van der Waals surface area contributed by atoms with Gasteiger partial charge in [-0.25, -0.2) is 4.79 Å². The molecule has 1 fully saturated rings. The normalized spacial score (nSPS) is 15.6. The van der Waals surface area contributed by atoms with Crippen molar-refractivity contribution in [3.8, 4) is 0 Å². The summed E-state index contributed by atoms with van der Waals surface area (Å²) in [6.07, 6.45) is 3.06. The van der Waals surface area contributed by atoms with Gasteiger partial charge in [0, 0.05) is 30.1 Å². The van der Waals surface area contributed by atoms with Crippen LogP contribution in [0.2, 0.25) is 5.02 Å². The number of hydrogen-bond donors (Lipinski definition) is 2. The van der Waals surface area contributed by atoms with Crippen molar-refractivity contribution in [3.63, 3.8) is 0 Å². The van der Waals surface area contributed by atoms with Crippen molar-refractivity contribution in [2.75, 3.05) is 26.2 Å². The molecule has 2 rings (SSSR count). The summed E-state index contributed by atoms with van der Waals surface area (Å²) in [5.41, 5.74) is 1.30. The molecule has 0 unspecified atom stereocenters. The van der Waals surface area contributed by atoms with Crippen LogP contribution in [-0.2, 0) is 5.41 Å². The van der Waals surface area contributed by atoms with E-state index < -0.39 is 0 Å². The van der Waals surface area contributed by atoms with Gasteiger partial charge in [0.2, 0.25) is 0 Å². The van der Waals surface area contributed by atoms with E-state index in [0.717, 1.165) is 24.3 Å². The lowest BCUT2D eigenvalue weighted by molar-refractivity contribution is 0.176. The first-order valence-corrected chi connectivity index (χ1v) is 7.89. The Morgan fingerprint density at radius 2 is 2.00 bits per heavy atom. The highest BCUT2D eigenvalue weighted by molar-refractivity contribution is 6.30.